The lowest BCUT2D eigenvalue weighted by Crippen LogP contribution is -2.01. The van der Waals surface area contributed by atoms with Crippen molar-refractivity contribution >= 4 is 28.0 Å². The Morgan fingerprint density at radius 3 is 2.64 bits per heavy atom. The van der Waals surface area contributed by atoms with E-state index in [4.69, 9.17) is 4.55 Å². The highest BCUT2D eigenvalue weighted by Gasteiger charge is 1.98. The van der Waals surface area contributed by atoms with Crippen molar-refractivity contribution in [2.75, 3.05) is 4.72 Å². The first-order valence-electron chi connectivity index (χ1n) is 3.84. The monoisotopic (exact) mass is 209 g/mol. The third kappa shape index (κ3) is 1.86. The molecule has 0 bridgehead atoms. The quantitative estimate of drug-likeness (QED) is 0.728. The van der Waals surface area contributed by atoms with Gasteiger partial charge in [0.2, 0.25) is 0 Å². The number of nitrogens with zero attached hydrogens (tertiary/aromatic N) is 2. The standard InChI is InChI=1S/C8H7N3O2S/c12-14(13)11-6-1-2-7-8(5-6)10-4-3-9-7/h1-5,11H,(H,12,13). The van der Waals surface area contributed by atoms with Crippen LogP contribution in [-0.4, -0.2) is 18.7 Å². The van der Waals surface area contributed by atoms with Gasteiger partial charge >= 0.3 is 0 Å². The van der Waals surface area contributed by atoms with Crippen molar-refractivity contribution in [1.82, 2.24) is 9.97 Å². The van der Waals surface area contributed by atoms with E-state index in [-0.39, 0.29) is 0 Å². The zero-order valence-electron chi connectivity index (χ0n) is 7.04. The van der Waals surface area contributed by atoms with Crippen molar-refractivity contribution in [3.63, 3.8) is 0 Å². The average Bonchev–Trinajstić information content (AvgIpc) is 2.17. The van der Waals surface area contributed by atoms with Gasteiger partial charge in [0.15, 0.2) is 0 Å². The average molecular weight is 209 g/mol. The summed E-state index contributed by atoms with van der Waals surface area (Å²) in [4.78, 5) is 8.14. The number of fused-ring (bicyclic) bond motifs is 1. The van der Waals surface area contributed by atoms with Gasteiger partial charge in [0, 0.05) is 12.4 Å². The van der Waals surface area contributed by atoms with Crippen LogP contribution in [0.4, 0.5) is 5.69 Å². The van der Waals surface area contributed by atoms with Gasteiger partial charge in [-0.1, -0.05) is 0 Å². The van der Waals surface area contributed by atoms with E-state index >= 15 is 0 Å². The lowest BCUT2D eigenvalue weighted by molar-refractivity contribution is 0.570. The normalized spacial score (nSPS) is 12.6. The first-order chi connectivity index (χ1) is 6.75. The topological polar surface area (TPSA) is 75.1 Å². The van der Waals surface area contributed by atoms with Gasteiger partial charge in [-0.15, -0.1) is 0 Å². The van der Waals surface area contributed by atoms with Gasteiger partial charge in [-0.3, -0.25) is 19.2 Å². The number of nitrogens with one attached hydrogen (secondary N) is 1. The summed E-state index contributed by atoms with van der Waals surface area (Å²) in [6, 6.07) is 5.07. The molecular formula is C8H7N3O2S. The Bertz CT molecular complexity index is 489. The van der Waals surface area contributed by atoms with E-state index in [2.05, 4.69) is 14.7 Å². The smallest absolute Gasteiger partial charge is 0.259 e. The minimum atomic E-state index is -2.06. The minimum absolute atomic E-state index is 0.541. The number of benzene rings is 1. The second-order valence-electron chi connectivity index (χ2n) is 2.61. The maximum absolute atomic E-state index is 10.5. The molecular weight excluding hydrogens is 202 g/mol. The molecule has 1 aromatic carbocycles. The molecule has 0 amide bonds. The van der Waals surface area contributed by atoms with Crippen molar-refractivity contribution in [2.24, 2.45) is 0 Å². The fourth-order valence-electron chi connectivity index (χ4n) is 1.13. The predicted molar refractivity (Wildman–Crippen MR) is 53.9 cm³/mol. The van der Waals surface area contributed by atoms with Crippen LogP contribution in [0.5, 0.6) is 0 Å². The summed E-state index contributed by atoms with van der Waals surface area (Å²) < 4.78 is 21.4. The molecule has 0 spiro atoms. The second-order valence-corrected chi connectivity index (χ2v) is 3.31. The van der Waals surface area contributed by atoms with E-state index in [0.29, 0.717) is 11.2 Å². The van der Waals surface area contributed by atoms with Crippen LogP contribution in [-0.2, 0) is 11.3 Å². The van der Waals surface area contributed by atoms with E-state index in [1.165, 1.54) is 0 Å². The van der Waals surface area contributed by atoms with E-state index in [0.717, 1.165) is 5.52 Å². The van der Waals surface area contributed by atoms with Crippen molar-refractivity contribution in [3.05, 3.63) is 30.6 Å². The van der Waals surface area contributed by atoms with Crippen LogP contribution in [0.25, 0.3) is 11.0 Å². The molecule has 6 heteroatoms. The first kappa shape index (κ1) is 9.04. The van der Waals surface area contributed by atoms with Crippen LogP contribution in [0.3, 0.4) is 0 Å². The molecule has 0 radical (unpaired) electrons. The van der Waals surface area contributed by atoms with Gasteiger partial charge < -0.3 is 0 Å². The van der Waals surface area contributed by atoms with Crippen molar-refractivity contribution in [2.45, 2.75) is 0 Å². The molecule has 0 aliphatic heterocycles. The lowest BCUT2D eigenvalue weighted by atomic mass is 10.3. The number of rotatable bonds is 2. The Morgan fingerprint density at radius 1 is 1.21 bits per heavy atom. The summed E-state index contributed by atoms with van der Waals surface area (Å²) in [6.45, 7) is 0. The molecule has 2 aromatic rings. The van der Waals surface area contributed by atoms with Crippen LogP contribution in [0.1, 0.15) is 0 Å². The molecule has 1 unspecified atom stereocenters. The van der Waals surface area contributed by atoms with Gasteiger partial charge in [-0.05, 0) is 18.2 Å². The second kappa shape index (κ2) is 3.69. The summed E-state index contributed by atoms with van der Waals surface area (Å²) in [5, 5.41) is 0. The summed E-state index contributed by atoms with van der Waals surface area (Å²) in [5.41, 5.74) is 1.98. The predicted octanol–water partition coefficient (Wildman–Crippen LogP) is 1.18. The molecule has 14 heavy (non-hydrogen) atoms. The maximum atomic E-state index is 10.5. The molecule has 5 nitrogen and oxygen atoms in total. The molecule has 1 heterocycles. The van der Waals surface area contributed by atoms with Crippen molar-refractivity contribution < 1.29 is 8.76 Å². The number of hydrogen-bond donors (Lipinski definition) is 2. The number of aromatic nitrogens is 2. The van der Waals surface area contributed by atoms with Crippen LogP contribution in [0.2, 0.25) is 0 Å². The molecule has 1 aromatic heterocycles. The number of anilines is 1. The Balaban J connectivity index is 2.46. The molecule has 0 aliphatic rings. The summed E-state index contributed by atoms with van der Waals surface area (Å²) >= 11 is -2.06. The van der Waals surface area contributed by atoms with E-state index < -0.39 is 11.3 Å². The largest absolute Gasteiger partial charge is 0.289 e. The van der Waals surface area contributed by atoms with Gasteiger partial charge in [0.1, 0.15) is 0 Å². The van der Waals surface area contributed by atoms with Crippen molar-refractivity contribution in [1.29, 1.82) is 0 Å². The Hall–Kier alpha value is -1.53. The highest BCUT2D eigenvalue weighted by atomic mass is 32.2. The summed E-state index contributed by atoms with van der Waals surface area (Å²) in [5.74, 6) is 0. The molecule has 0 saturated heterocycles. The summed E-state index contributed by atoms with van der Waals surface area (Å²) in [7, 11) is 0. The highest BCUT2D eigenvalue weighted by Crippen LogP contribution is 2.14. The number of hydrogen-bond acceptors (Lipinski definition) is 3. The van der Waals surface area contributed by atoms with Crippen molar-refractivity contribution in [3.8, 4) is 0 Å². The lowest BCUT2D eigenvalue weighted by Gasteiger charge is -2.01. The Kier molecular flexibility index (Phi) is 2.38. The van der Waals surface area contributed by atoms with Crippen LogP contribution >= 0.6 is 0 Å². The molecule has 2 rings (SSSR count). The first-order valence-corrected chi connectivity index (χ1v) is 4.95. The highest BCUT2D eigenvalue weighted by molar-refractivity contribution is 7.80. The van der Waals surface area contributed by atoms with E-state index in [9.17, 15) is 4.21 Å². The maximum Gasteiger partial charge on any atom is 0.259 e. The molecule has 0 aliphatic carbocycles. The molecule has 0 saturated carbocycles. The zero-order valence-corrected chi connectivity index (χ0v) is 7.86. The molecule has 1 atom stereocenters. The molecule has 0 fully saturated rings. The third-order valence-electron chi connectivity index (χ3n) is 1.67. The van der Waals surface area contributed by atoms with E-state index in [1.807, 2.05) is 0 Å². The van der Waals surface area contributed by atoms with Gasteiger partial charge in [-0.25, -0.2) is 4.21 Å². The zero-order chi connectivity index (χ0) is 9.97. The Morgan fingerprint density at radius 2 is 1.93 bits per heavy atom. The van der Waals surface area contributed by atoms with Gasteiger partial charge in [0.05, 0.1) is 16.7 Å². The fourth-order valence-corrected chi connectivity index (χ4v) is 1.46. The fraction of sp³-hybridized carbons (Fsp3) is 0. The van der Waals surface area contributed by atoms with Gasteiger partial charge in [-0.2, -0.15) is 0 Å². The minimum Gasteiger partial charge on any atom is -0.289 e. The van der Waals surface area contributed by atoms with Crippen LogP contribution < -0.4 is 4.72 Å². The molecule has 72 valence electrons. The Labute approximate surface area is 82.6 Å². The SMILES string of the molecule is O=S(O)Nc1ccc2nccnc2c1. The van der Waals surface area contributed by atoms with Crippen LogP contribution in [0, 0.1) is 0 Å². The molecule has 2 N–H and O–H groups in total. The van der Waals surface area contributed by atoms with E-state index in [1.54, 1.807) is 30.6 Å². The van der Waals surface area contributed by atoms with Crippen LogP contribution in [0.15, 0.2) is 30.6 Å². The third-order valence-corrected chi connectivity index (χ3v) is 2.08. The van der Waals surface area contributed by atoms with Gasteiger partial charge in [0.25, 0.3) is 11.3 Å². The summed E-state index contributed by atoms with van der Waals surface area (Å²) in [6.07, 6.45) is 3.17.